The summed E-state index contributed by atoms with van der Waals surface area (Å²) in [5, 5.41) is 2.82. The van der Waals surface area contributed by atoms with Gasteiger partial charge in [0.15, 0.2) is 6.10 Å². The zero-order chi connectivity index (χ0) is 16.8. The first-order valence-electron chi connectivity index (χ1n) is 7.51. The minimum absolute atomic E-state index is 0.238. The number of nitrogen functional groups attached to an aromatic ring is 1. The highest BCUT2D eigenvalue weighted by atomic mass is 16.5. The summed E-state index contributed by atoms with van der Waals surface area (Å²) in [6, 6.07) is 12.7. The number of amides is 1. The molecular formula is C18H22N2O3. The van der Waals surface area contributed by atoms with Crippen molar-refractivity contribution in [3.05, 3.63) is 48.0 Å². The average molecular weight is 314 g/mol. The van der Waals surface area contributed by atoms with E-state index < -0.39 is 6.10 Å². The van der Waals surface area contributed by atoms with Crippen LogP contribution in [0.2, 0.25) is 0 Å². The van der Waals surface area contributed by atoms with Gasteiger partial charge in [0.05, 0.1) is 12.8 Å². The molecule has 1 atom stereocenters. The topological polar surface area (TPSA) is 73.6 Å². The molecule has 2 aromatic rings. The summed E-state index contributed by atoms with van der Waals surface area (Å²) >= 11 is 0. The van der Waals surface area contributed by atoms with Crippen LogP contribution in [0.3, 0.4) is 0 Å². The predicted octanol–water partition coefficient (Wildman–Crippen LogP) is 3.38. The Balaban J connectivity index is 2.13. The summed E-state index contributed by atoms with van der Waals surface area (Å²) in [4.78, 5) is 12.5. The second-order valence-corrected chi connectivity index (χ2v) is 5.28. The molecule has 0 aromatic heterocycles. The van der Waals surface area contributed by atoms with E-state index in [1.54, 1.807) is 25.3 Å². The lowest BCUT2D eigenvalue weighted by Crippen LogP contribution is -2.32. The summed E-state index contributed by atoms with van der Waals surface area (Å²) in [6.07, 6.45) is -0.0485. The molecule has 2 aromatic carbocycles. The second-order valence-electron chi connectivity index (χ2n) is 5.28. The molecule has 0 saturated carbocycles. The Morgan fingerprint density at radius 3 is 2.70 bits per heavy atom. The fourth-order valence-electron chi connectivity index (χ4n) is 2.21. The molecule has 5 heteroatoms. The first-order valence-corrected chi connectivity index (χ1v) is 7.51. The van der Waals surface area contributed by atoms with Crippen molar-refractivity contribution in [1.29, 1.82) is 0 Å². The quantitative estimate of drug-likeness (QED) is 0.802. The Morgan fingerprint density at radius 2 is 2.04 bits per heavy atom. The van der Waals surface area contributed by atoms with E-state index in [0.29, 0.717) is 29.3 Å². The Bertz CT molecular complexity index is 686. The number of carbonyl (C=O) groups is 1. The molecule has 0 unspecified atom stereocenters. The highest BCUT2D eigenvalue weighted by Crippen LogP contribution is 2.27. The van der Waals surface area contributed by atoms with Crippen molar-refractivity contribution in [3.8, 4) is 11.5 Å². The molecule has 0 aliphatic carbocycles. The zero-order valence-electron chi connectivity index (χ0n) is 13.6. The number of aryl methyl sites for hydroxylation is 1. The number of hydrogen-bond acceptors (Lipinski definition) is 4. The minimum atomic E-state index is -0.595. The molecule has 0 fully saturated rings. The van der Waals surface area contributed by atoms with Crippen LogP contribution in [0.25, 0.3) is 0 Å². The molecule has 0 saturated heterocycles. The van der Waals surface area contributed by atoms with Crippen molar-refractivity contribution >= 4 is 17.3 Å². The lowest BCUT2D eigenvalue weighted by atomic mass is 10.2. The molecule has 1 amide bonds. The lowest BCUT2D eigenvalue weighted by Gasteiger charge is -2.18. The predicted molar refractivity (Wildman–Crippen MR) is 91.9 cm³/mol. The Morgan fingerprint density at radius 1 is 1.26 bits per heavy atom. The van der Waals surface area contributed by atoms with Crippen molar-refractivity contribution in [3.63, 3.8) is 0 Å². The van der Waals surface area contributed by atoms with E-state index in [1.165, 1.54) is 0 Å². The van der Waals surface area contributed by atoms with E-state index in [9.17, 15) is 4.79 Å². The molecule has 3 N–H and O–H groups in total. The summed E-state index contributed by atoms with van der Waals surface area (Å²) in [5.41, 5.74) is 7.93. The van der Waals surface area contributed by atoms with Gasteiger partial charge in [0, 0.05) is 5.69 Å². The van der Waals surface area contributed by atoms with Crippen molar-refractivity contribution < 1.29 is 14.3 Å². The standard InChI is InChI=1S/C18H22N2O3/c1-4-16(23-14-7-5-6-12(2)10-14)18(21)20-15-11-13(19)8-9-17(15)22-3/h5-11,16H,4,19H2,1-3H3,(H,20,21)/t16-/m1/s1. The molecule has 23 heavy (non-hydrogen) atoms. The van der Waals surface area contributed by atoms with E-state index >= 15 is 0 Å². The first kappa shape index (κ1) is 16.7. The summed E-state index contributed by atoms with van der Waals surface area (Å²) in [7, 11) is 1.54. The van der Waals surface area contributed by atoms with Crippen molar-refractivity contribution in [2.45, 2.75) is 26.4 Å². The maximum absolute atomic E-state index is 12.5. The van der Waals surface area contributed by atoms with Crippen molar-refractivity contribution in [1.82, 2.24) is 0 Å². The van der Waals surface area contributed by atoms with Crippen molar-refractivity contribution in [2.75, 3.05) is 18.2 Å². The third-order valence-corrected chi connectivity index (χ3v) is 3.41. The highest BCUT2D eigenvalue weighted by molar-refractivity contribution is 5.96. The van der Waals surface area contributed by atoms with Gasteiger partial charge in [-0.2, -0.15) is 0 Å². The number of carbonyl (C=O) groups excluding carboxylic acids is 1. The third kappa shape index (κ3) is 4.39. The molecule has 0 aliphatic heterocycles. The van der Waals surface area contributed by atoms with Gasteiger partial charge in [-0.1, -0.05) is 19.1 Å². The van der Waals surface area contributed by atoms with Crippen LogP contribution in [-0.2, 0) is 4.79 Å². The largest absolute Gasteiger partial charge is 0.495 e. The number of rotatable bonds is 6. The Kier molecular flexibility index (Phi) is 5.46. The van der Waals surface area contributed by atoms with Crippen LogP contribution in [-0.4, -0.2) is 19.1 Å². The maximum Gasteiger partial charge on any atom is 0.265 e. The van der Waals surface area contributed by atoms with Gasteiger partial charge in [-0.15, -0.1) is 0 Å². The minimum Gasteiger partial charge on any atom is -0.495 e. The van der Waals surface area contributed by atoms with E-state index in [4.69, 9.17) is 15.2 Å². The van der Waals surface area contributed by atoms with Crippen LogP contribution in [0.1, 0.15) is 18.9 Å². The van der Waals surface area contributed by atoms with E-state index in [0.717, 1.165) is 5.56 Å². The molecule has 0 radical (unpaired) electrons. The van der Waals surface area contributed by atoms with Crippen LogP contribution < -0.4 is 20.5 Å². The Labute approximate surface area is 136 Å². The first-order chi connectivity index (χ1) is 11.0. The number of nitrogens with two attached hydrogens (primary N) is 1. The molecule has 2 rings (SSSR count). The van der Waals surface area contributed by atoms with Gasteiger partial charge in [0.2, 0.25) is 0 Å². The number of ether oxygens (including phenoxy) is 2. The molecule has 0 spiro atoms. The van der Waals surface area contributed by atoms with Gasteiger partial charge in [-0.3, -0.25) is 4.79 Å². The van der Waals surface area contributed by atoms with Crippen LogP contribution in [0.5, 0.6) is 11.5 Å². The van der Waals surface area contributed by atoms with Gasteiger partial charge in [-0.05, 0) is 49.2 Å². The molecule has 122 valence electrons. The smallest absolute Gasteiger partial charge is 0.265 e. The van der Waals surface area contributed by atoms with Gasteiger partial charge in [0.1, 0.15) is 11.5 Å². The van der Waals surface area contributed by atoms with Gasteiger partial charge in [-0.25, -0.2) is 0 Å². The fraction of sp³-hybridized carbons (Fsp3) is 0.278. The van der Waals surface area contributed by atoms with E-state index in [-0.39, 0.29) is 5.91 Å². The van der Waals surface area contributed by atoms with Gasteiger partial charge >= 0.3 is 0 Å². The number of anilines is 2. The van der Waals surface area contributed by atoms with Crippen LogP contribution in [0.15, 0.2) is 42.5 Å². The molecule has 0 aliphatic rings. The third-order valence-electron chi connectivity index (χ3n) is 3.41. The number of benzene rings is 2. The zero-order valence-corrected chi connectivity index (χ0v) is 13.6. The molecule has 5 nitrogen and oxygen atoms in total. The number of methoxy groups -OCH3 is 1. The van der Waals surface area contributed by atoms with Crippen molar-refractivity contribution in [2.24, 2.45) is 0 Å². The normalized spacial score (nSPS) is 11.6. The second kappa shape index (κ2) is 7.54. The number of hydrogen-bond donors (Lipinski definition) is 2. The van der Waals surface area contributed by atoms with Crippen LogP contribution >= 0.6 is 0 Å². The van der Waals surface area contributed by atoms with E-state index in [1.807, 2.05) is 38.1 Å². The van der Waals surface area contributed by atoms with Crippen LogP contribution in [0.4, 0.5) is 11.4 Å². The average Bonchev–Trinajstić information content (AvgIpc) is 2.53. The monoisotopic (exact) mass is 314 g/mol. The summed E-state index contributed by atoms with van der Waals surface area (Å²) in [5.74, 6) is 0.988. The molecule has 0 heterocycles. The van der Waals surface area contributed by atoms with E-state index in [2.05, 4.69) is 5.32 Å². The maximum atomic E-state index is 12.5. The lowest BCUT2D eigenvalue weighted by molar-refractivity contribution is -0.122. The summed E-state index contributed by atoms with van der Waals surface area (Å²) < 4.78 is 11.0. The van der Waals surface area contributed by atoms with Crippen LogP contribution in [0, 0.1) is 6.92 Å². The van der Waals surface area contributed by atoms with Gasteiger partial charge < -0.3 is 20.5 Å². The SMILES string of the molecule is CC[C@@H](Oc1cccc(C)c1)C(=O)Nc1cc(N)ccc1OC. The fourth-order valence-corrected chi connectivity index (χ4v) is 2.21. The Hall–Kier alpha value is -2.69. The van der Waals surface area contributed by atoms with Gasteiger partial charge in [0.25, 0.3) is 5.91 Å². The highest BCUT2D eigenvalue weighted by Gasteiger charge is 2.20. The molecule has 0 bridgehead atoms. The molecular weight excluding hydrogens is 292 g/mol. The summed E-state index contributed by atoms with van der Waals surface area (Å²) in [6.45, 7) is 3.88. The number of nitrogens with one attached hydrogen (secondary N) is 1.